The van der Waals surface area contributed by atoms with Crippen molar-refractivity contribution in [3.8, 4) is 11.1 Å². The number of amides is 2. The maximum Gasteiger partial charge on any atom is 0.275 e. The molecule has 43 heavy (non-hydrogen) atoms. The number of amidine groups is 1. The van der Waals surface area contributed by atoms with E-state index in [0.717, 1.165) is 73.6 Å². The lowest BCUT2D eigenvalue weighted by atomic mass is 9.86. The van der Waals surface area contributed by atoms with E-state index in [1.807, 2.05) is 59.5 Å². The average molecular weight is 619 g/mol. The number of nitrogens with two attached hydrogens (primary N) is 1. The van der Waals surface area contributed by atoms with E-state index in [1.165, 1.54) is 0 Å². The van der Waals surface area contributed by atoms with Crippen LogP contribution in [0.15, 0.2) is 71.7 Å². The van der Waals surface area contributed by atoms with Gasteiger partial charge in [0.2, 0.25) is 0 Å². The minimum absolute atomic E-state index is 0.00295. The van der Waals surface area contributed by atoms with Crippen LogP contribution in [-0.2, 0) is 4.79 Å². The summed E-state index contributed by atoms with van der Waals surface area (Å²) in [5.41, 5.74) is 9.16. The molecule has 1 heterocycles. The van der Waals surface area contributed by atoms with Crippen LogP contribution in [0.1, 0.15) is 85.8 Å². The van der Waals surface area contributed by atoms with Gasteiger partial charge in [-0.2, -0.15) is 0 Å². The molecule has 0 saturated heterocycles. The molecule has 1 aliphatic heterocycles. The van der Waals surface area contributed by atoms with Crippen LogP contribution in [0.2, 0.25) is 10.0 Å². The van der Waals surface area contributed by atoms with Crippen LogP contribution in [0, 0.1) is 5.41 Å². The average Bonchev–Trinajstić information content (AvgIpc) is 3.27. The summed E-state index contributed by atoms with van der Waals surface area (Å²) in [4.78, 5) is 34.2. The summed E-state index contributed by atoms with van der Waals surface area (Å²) >= 11 is 12.9. The van der Waals surface area contributed by atoms with E-state index < -0.39 is 5.66 Å². The number of rotatable bonds is 10. The highest BCUT2D eigenvalue weighted by Crippen LogP contribution is 2.46. The largest absolute Gasteiger partial charge is 0.386 e. The summed E-state index contributed by atoms with van der Waals surface area (Å²) in [6, 6.07) is 20.4. The second kappa shape index (κ2) is 13.3. The van der Waals surface area contributed by atoms with Crippen molar-refractivity contribution in [2.45, 2.75) is 70.0 Å². The second-order valence-corrected chi connectivity index (χ2v) is 12.2. The van der Waals surface area contributed by atoms with E-state index in [0.29, 0.717) is 21.3 Å². The molecule has 2 aliphatic rings. The molecule has 1 saturated carbocycles. The highest BCUT2D eigenvalue weighted by molar-refractivity contribution is 6.47. The molecule has 0 bridgehead atoms. The fraction of sp³-hybridized carbons (Fsp3) is 0.353. The summed E-state index contributed by atoms with van der Waals surface area (Å²) in [5, 5.41) is 11.2. The molecule has 1 aliphatic carbocycles. The molecular formula is C34H37Cl2N5O2. The van der Waals surface area contributed by atoms with E-state index in [4.69, 9.17) is 39.3 Å². The number of nitrogens with one attached hydrogen (secondary N) is 2. The lowest BCUT2D eigenvalue weighted by Gasteiger charge is -2.44. The Balaban J connectivity index is 1.48. The molecule has 7 nitrogen and oxygen atoms in total. The Morgan fingerprint density at radius 2 is 1.63 bits per heavy atom. The molecule has 0 radical (unpaired) electrons. The first-order valence-electron chi connectivity index (χ1n) is 14.9. The molecule has 0 unspecified atom stereocenters. The Bertz CT molecular complexity index is 1510. The third kappa shape index (κ3) is 6.48. The van der Waals surface area contributed by atoms with E-state index in [-0.39, 0.29) is 30.2 Å². The number of hydrogen-bond acceptors (Lipinski definition) is 4. The first kappa shape index (κ1) is 30.8. The number of aliphatic imine (C=N–C) groups is 1. The fourth-order valence-corrected chi connectivity index (χ4v) is 6.86. The highest BCUT2D eigenvalue weighted by Gasteiger charge is 2.50. The van der Waals surface area contributed by atoms with Gasteiger partial charge in [0, 0.05) is 26.7 Å². The zero-order chi connectivity index (χ0) is 30.6. The summed E-state index contributed by atoms with van der Waals surface area (Å²) in [5.74, 6) is -0.456. The predicted octanol–water partition coefficient (Wildman–Crippen LogP) is 7.55. The van der Waals surface area contributed by atoms with Gasteiger partial charge in [0.15, 0.2) is 0 Å². The van der Waals surface area contributed by atoms with E-state index in [2.05, 4.69) is 12.2 Å². The topological polar surface area (TPSA) is 112 Å². The third-order valence-electron chi connectivity index (χ3n) is 8.39. The quantitative estimate of drug-likeness (QED) is 0.161. The van der Waals surface area contributed by atoms with Crippen molar-refractivity contribution in [1.82, 2.24) is 10.2 Å². The molecule has 0 aromatic heterocycles. The van der Waals surface area contributed by atoms with Gasteiger partial charge in [-0.15, -0.1) is 0 Å². The highest BCUT2D eigenvalue weighted by atomic mass is 35.5. The van der Waals surface area contributed by atoms with Crippen LogP contribution in [0.25, 0.3) is 11.1 Å². The third-order valence-corrected chi connectivity index (χ3v) is 9.02. The van der Waals surface area contributed by atoms with Gasteiger partial charge in [-0.05, 0) is 67.5 Å². The number of hydrogen-bond donors (Lipinski definition) is 3. The van der Waals surface area contributed by atoms with Crippen LogP contribution in [0.5, 0.6) is 0 Å². The van der Waals surface area contributed by atoms with Crippen LogP contribution in [0.4, 0.5) is 0 Å². The Labute approximate surface area is 263 Å². The van der Waals surface area contributed by atoms with Crippen LogP contribution in [0.3, 0.4) is 0 Å². The molecule has 224 valence electrons. The van der Waals surface area contributed by atoms with Gasteiger partial charge in [-0.1, -0.05) is 91.9 Å². The van der Waals surface area contributed by atoms with Gasteiger partial charge in [0.05, 0.1) is 12.6 Å². The van der Waals surface area contributed by atoms with E-state index in [1.54, 1.807) is 12.1 Å². The molecule has 5 rings (SSSR count). The van der Waals surface area contributed by atoms with Crippen molar-refractivity contribution in [3.63, 3.8) is 0 Å². The SMILES string of the molecule is CCCC[C@H](c1ccc(C(=O)NCC(=N)N)cc1)N1C(=O)C(c2ccc(-c3c(Cl)cccc3Cl)cc2)=NC12CCCCC2. The maximum absolute atomic E-state index is 14.4. The number of carbonyl (C=O) groups excluding carboxylic acids is 2. The van der Waals surface area contributed by atoms with Gasteiger partial charge in [0.1, 0.15) is 17.2 Å². The maximum atomic E-state index is 14.4. The summed E-state index contributed by atoms with van der Waals surface area (Å²) in [6.45, 7) is 2.15. The monoisotopic (exact) mass is 617 g/mol. The number of halogens is 2. The lowest BCUT2D eigenvalue weighted by molar-refractivity contribution is -0.132. The Kier molecular flexibility index (Phi) is 9.52. The van der Waals surface area contributed by atoms with Crippen LogP contribution < -0.4 is 11.1 Å². The molecule has 2 amide bonds. The first-order chi connectivity index (χ1) is 20.7. The first-order valence-corrected chi connectivity index (χ1v) is 15.7. The number of unbranched alkanes of at least 4 members (excludes halogenated alkanes) is 1. The standard InChI is InChI=1S/C34H37Cl2N5O2/c1-2-3-10-28(22-11-17-25(18-12-22)32(42)39-21-29(37)38)41-33(43)31(40-34(41)19-5-4-6-20-34)24-15-13-23(14-16-24)30-26(35)8-7-9-27(30)36/h7-9,11-18,28H,2-6,10,19-21H2,1H3,(H3,37,38)(H,39,42)/t28-/m1/s1. The van der Waals surface area contributed by atoms with Gasteiger partial charge < -0.3 is 16.0 Å². The predicted molar refractivity (Wildman–Crippen MR) is 174 cm³/mol. The molecule has 9 heteroatoms. The molecule has 4 N–H and O–H groups in total. The second-order valence-electron chi connectivity index (χ2n) is 11.3. The lowest BCUT2D eigenvalue weighted by Crippen LogP contribution is -2.50. The van der Waals surface area contributed by atoms with Gasteiger partial charge in [0.25, 0.3) is 11.8 Å². The zero-order valence-corrected chi connectivity index (χ0v) is 25.8. The smallest absolute Gasteiger partial charge is 0.275 e. The molecule has 1 spiro atoms. The van der Waals surface area contributed by atoms with Crippen molar-refractivity contribution >= 4 is 46.6 Å². The van der Waals surface area contributed by atoms with Crippen molar-refractivity contribution < 1.29 is 9.59 Å². The Morgan fingerprint density at radius 3 is 2.23 bits per heavy atom. The zero-order valence-electron chi connectivity index (χ0n) is 24.3. The fourth-order valence-electron chi connectivity index (χ4n) is 6.25. The van der Waals surface area contributed by atoms with Gasteiger partial charge in [-0.3, -0.25) is 20.0 Å². The van der Waals surface area contributed by atoms with Gasteiger partial charge >= 0.3 is 0 Å². The molecular weight excluding hydrogens is 581 g/mol. The summed E-state index contributed by atoms with van der Waals surface area (Å²) in [7, 11) is 0. The Morgan fingerprint density at radius 1 is 1.00 bits per heavy atom. The summed E-state index contributed by atoms with van der Waals surface area (Å²) in [6.07, 6.45) is 7.55. The minimum Gasteiger partial charge on any atom is -0.386 e. The van der Waals surface area contributed by atoms with Crippen molar-refractivity contribution in [2.24, 2.45) is 10.7 Å². The summed E-state index contributed by atoms with van der Waals surface area (Å²) < 4.78 is 0. The number of benzene rings is 3. The van der Waals surface area contributed by atoms with Crippen molar-refractivity contribution in [2.75, 3.05) is 6.54 Å². The van der Waals surface area contributed by atoms with Crippen LogP contribution in [-0.4, -0.2) is 40.5 Å². The van der Waals surface area contributed by atoms with Crippen molar-refractivity contribution in [3.05, 3.63) is 93.5 Å². The molecule has 1 atom stereocenters. The normalized spacial score (nSPS) is 16.7. The van der Waals surface area contributed by atoms with Gasteiger partial charge in [-0.25, -0.2) is 0 Å². The molecule has 1 fully saturated rings. The Hall–Kier alpha value is -3.68. The van der Waals surface area contributed by atoms with E-state index in [9.17, 15) is 9.59 Å². The van der Waals surface area contributed by atoms with Crippen LogP contribution >= 0.6 is 23.2 Å². The minimum atomic E-state index is -0.592. The van der Waals surface area contributed by atoms with E-state index >= 15 is 0 Å². The molecule has 3 aromatic carbocycles. The molecule has 3 aromatic rings. The number of nitrogens with zero attached hydrogens (tertiary/aromatic N) is 2. The number of carbonyl (C=O) groups is 2. The van der Waals surface area contributed by atoms with Crippen molar-refractivity contribution in [1.29, 1.82) is 5.41 Å².